The van der Waals surface area contributed by atoms with E-state index in [2.05, 4.69) is 26.3 Å². The first-order valence-electron chi connectivity index (χ1n) is 6.03. The number of nitrogens with zero attached hydrogens (tertiary/aromatic N) is 2. The molecule has 0 fully saturated rings. The Hall–Kier alpha value is -1.24. The molecule has 0 atom stereocenters. The molecule has 21 heavy (non-hydrogen) atoms. The average molecular weight is 392 g/mol. The summed E-state index contributed by atoms with van der Waals surface area (Å²) >= 11 is 15.5. The smallest absolute Gasteiger partial charge is 0.246 e. The number of nitrogen functional groups attached to an aromatic ring is 1. The summed E-state index contributed by atoms with van der Waals surface area (Å²) in [6, 6.07) is 3.06. The van der Waals surface area contributed by atoms with Crippen molar-refractivity contribution in [3.8, 4) is 0 Å². The van der Waals surface area contributed by atoms with Gasteiger partial charge in [0.2, 0.25) is 5.91 Å². The molecule has 0 radical (unpaired) electrons. The molecule has 0 aliphatic carbocycles. The lowest BCUT2D eigenvalue weighted by atomic mass is 10.3. The van der Waals surface area contributed by atoms with Crippen LogP contribution < -0.4 is 11.1 Å². The number of carbonyl (C=O) groups is 1. The van der Waals surface area contributed by atoms with Gasteiger partial charge in [-0.25, -0.2) is 0 Å². The molecule has 0 spiro atoms. The first kappa shape index (κ1) is 16.1. The van der Waals surface area contributed by atoms with E-state index in [-0.39, 0.29) is 12.5 Å². The van der Waals surface area contributed by atoms with Gasteiger partial charge in [-0.15, -0.1) is 0 Å². The first-order valence-corrected chi connectivity index (χ1v) is 7.58. The van der Waals surface area contributed by atoms with Crippen molar-refractivity contribution < 1.29 is 4.79 Å². The standard InChI is InChI=1S/C13H13BrCl2N4O/c1-6-12(14)7(2)20(19-6)5-11(21)18-13-9(15)3-8(17)4-10(13)16/h3-4H,5,17H2,1-2H3,(H,18,21). The Morgan fingerprint density at radius 2 is 1.95 bits per heavy atom. The van der Waals surface area contributed by atoms with Gasteiger partial charge in [-0.3, -0.25) is 9.48 Å². The molecule has 0 saturated carbocycles. The third-order valence-corrected chi connectivity index (χ3v) is 4.66. The molecule has 8 heteroatoms. The number of aromatic nitrogens is 2. The number of amides is 1. The number of nitrogens with two attached hydrogens (primary N) is 1. The van der Waals surface area contributed by atoms with Crippen LogP contribution in [0.1, 0.15) is 11.4 Å². The Bertz CT molecular complexity index is 691. The van der Waals surface area contributed by atoms with E-state index in [1.54, 1.807) is 4.68 Å². The molecule has 3 N–H and O–H groups in total. The van der Waals surface area contributed by atoms with Crippen LogP contribution in [-0.2, 0) is 11.3 Å². The normalized spacial score (nSPS) is 10.7. The van der Waals surface area contributed by atoms with Crippen molar-refractivity contribution in [2.24, 2.45) is 0 Å². The van der Waals surface area contributed by atoms with E-state index in [1.807, 2.05) is 13.8 Å². The maximum absolute atomic E-state index is 12.1. The Kier molecular flexibility index (Phi) is 4.81. The molecule has 1 aromatic carbocycles. The topological polar surface area (TPSA) is 72.9 Å². The zero-order chi connectivity index (χ0) is 15.7. The number of halogens is 3. The predicted octanol–water partition coefficient (Wildman–Crippen LogP) is 3.79. The van der Waals surface area contributed by atoms with E-state index in [0.717, 1.165) is 15.9 Å². The van der Waals surface area contributed by atoms with Crippen LogP contribution in [0.3, 0.4) is 0 Å². The largest absolute Gasteiger partial charge is 0.399 e. The maximum Gasteiger partial charge on any atom is 0.246 e. The summed E-state index contributed by atoms with van der Waals surface area (Å²) < 4.78 is 2.49. The molecule has 2 aromatic rings. The van der Waals surface area contributed by atoms with Gasteiger partial charge >= 0.3 is 0 Å². The van der Waals surface area contributed by atoms with E-state index < -0.39 is 0 Å². The molecule has 1 aromatic heterocycles. The van der Waals surface area contributed by atoms with Crippen molar-refractivity contribution >= 4 is 56.4 Å². The van der Waals surface area contributed by atoms with Gasteiger partial charge < -0.3 is 11.1 Å². The highest BCUT2D eigenvalue weighted by molar-refractivity contribution is 9.10. The highest BCUT2D eigenvalue weighted by atomic mass is 79.9. The monoisotopic (exact) mass is 390 g/mol. The minimum absolute atomic E-state index is 0.0648. The second-order valence-corrected chi connectivity index (χ2v) is 6.16. The molecule has 5 nitrogen and oxygen atoms in total. The van der Waals surface area contributed by atoms with Gasteiger partial charge in [-0.1, -0.05) is 23.2 Å². The van der Waals surface area contributed by atoms with Gasteiger partial charge in [0.05, 0.1) is 31.6 Å². The summed E-state index contributed by atoms with van der Waals surface area (Å²) in [7, 11) is 0. The molecule has 0 saturated heterocycles. The molecule has 112 valence electrons. The Morgan fingerprint density at radius 1 is 1.38 bits per heavy atom. The third kappa shape index (κ3) is 3.51. The molecule has 2 rings (SSSR count). The van der Waals surface area contributed by atoms with E-state index in [1.165, 1.54) is 12.1 Å². The van der Waals surface area contributed by atoms with E-state index in [4.69, 9.17) is 28.9 Å². The van der Waals surface area contributed by atoms with Crippen LogP contribution in [0.15, 0.2) is 16.6 Å². The zero-order valence-electron chi connectivity index (χ0n) is 11.4. The van der Waals surface area contributed by atoms with Crippen LogP contribution >= 0.6 is 39.1 Å². The molecule has 0 aliphatic heterocycles. The summed E-state index contributed by atoms with van der Waals surface area (Å²) in [4.78, 5) is 12.1. The summed E-state index contributed by atoms with van der Waals surface area (Å²) in [6.07, 6.45) is 0. The van der Waals surface area contributed by atoms with Crippen molar-refractivity contribution in [2.75, 3.05) is 11.1 Å². The number of hydrogen-bond acceptors (Lipinski definition) is 3. The van der Waals surface area contributed by atoms with Gasteiger partial charge in [0.15, 0.2) is 0 Å². The van der Waals surface area contributed by atoms with Crippen molar-refractivity contribution in [1.29, 1.82) is 0 Å². The van der Waals surface area contributed by atoms with E-state index in [9.17, 15) is 4.79 Å². The fourth-order valence-corrected chi connectivity index (χ4v) is 2.74. The van der Waals surface area contributed by atoms with E-state index in [0.29, 0.717) is 21.4 Å². The number of carbonyl (C=O) groups excluding carboxylic acids is 1. The number of rotatable bonds is 3. The lowest BCUT2D eigenvalue weighted by Gasteiger charge is -2.11. The highest BCUT2D eigenvalue weighted by Crippen LogP contribution is 2.32. The van der Waals surface area contributed by atoms with Gasteiger partial charge in [0, 0.05) is 5.69 Å². The molecule has 0 unspecified atom stereocenters. The quantitative estimate of drug-likeness (QED) is 0.781. The second kappa shape index (κ2) is 6.25. The van der Waals surface area contributed by atoms with Gasteiger partial charge in [-0.05, 0) is 41.9 Å². The SMILES string of the molecule is Cc1nn(CC(=O)Nc2c(Cl)cc(N)cc2Cl)c(C)c1Br. The molecular formula is C13H13BrCl2N4O. The summed E-state index contributed by atoms with van der Waals surface area (Å²) in [5.74, 6) is -0.276. The maximum atomic E-state index is 12.1. The lowest BCUT2D eigenvalue weighted by molar-refractivity contribution is -0.116. The van der Waals surface area contributed by atoms with Crippen LogP contribution in [0.4, 0.5) is 11.4 Å². The van der Waals surface area contributed by atoms with Gasteiger partial charge in [-0.2, -0.15) is 5.10 Å². The summed E-state index contributed by atoms with van der Waals surface area (Å²) in [6.45, 7) is 3.80. The zero-order valence-corrected chi connectivity index (χ0v) is 14.5. The molecule has 1 heterocycles. The molecule has 0 bridgehead atoms. The van der Waals surface area contributed by atoms with Crippen molar-refractivity contribution in [1.82, 2.24) is 9.78 Å². The van der Waals surface area contributed by atoms with Crippen LogP contribution in [0.5, 0.6) is 0 Å². The summed E-state index contributed by atoms with van der Waals surface area (Å²) in [5, 5.41) is 7.54. The van der Waals surface area contributed by atoms with Crippen LogP contribution in [0.25, 0.3) is 0 Å². The Labute approximate surface area is 140 Å². The summed E-state index contributed by atoms with van der Waals surface area (Å²) in [5.41, 5.74) is 8.10. The van der Waals surface area contributed by atoms with Gasteiger partial charge in [0.1, 0.15) is 6.54 Å². The fourth-order valence-electron chi connectivity index (χ4n) is 1.86. The Morgan fingerprint density at radius 3 is 2.43 bits per heavy atom. The second-order valence-electron chi connectivity index (χ2n) is 4.55. The first-order chi connectivity index (χ1) is 9.79. The average Bonchev–Trinajstić information content (AvgIpc) is 2.61. The van der Waals surface area contributed by atoms with Crippen LogP contribution in [0.2, 0.25) is 10.0 Å². The highest BCUT2D eigenvalue weighted by Gasteiger charge is 2.14. The molecular weight excluding hydrogens is 379 g/mol. The lowest BCUT2D eigenvalue weighted by Crippen LogP contribution is -2.20. The molecule has 0 aliphatic rings. The molecule has 1 amide bonds. The number of hydrogen-bond donors (Lipinski definition) is 2. The Balaban J connectivity index is 2.17. The third-order valence-electron chi connectivity index (χ3n) is 2.92. The number of anilines is 2. The van der Waals surface area contributed by atoms with Gasteiger partial charge in [0.25, 0.3) is 0 Å². The van der Waals surface area contributed by atoms with Crippen molar-refractivity contribution in [2.45, 2.75) is 20.4 Å². The van der Waals surface area contributed by atoms with Crippen molar-refractivity contribution in [3.63, 3.8) is 0 Å². The van der Waals surface area contributed by atoms with Crippen LogP contribution in [0, 0.1) is 13.8 Å². The van der Waals surface area contributed by atoms with E-state index >= 15 is 0 Å². The number of aryl methyl sites for hydroxylation is 1. The van der Waals surface area contributed by atoms with Crippen molar-refractivity contribution in [3.05, 3.63) is 38.0 Å². The number of nitrogens with one attached hydrogen (secondary N) is 1. The number of benzene rings is 1. The van der Waals surface area contributed by atoms with Crippen LogP contribution in [-0.4, -0.2) is 15.7 Å². The fraction of sp³-hybridized carbons (Fsp3) is 0.231. The minimum Gasteiger partial charge on any atom is -0.399 e. The minimum atomic E-state index is -0.276. The predicted molar refractivity (Wildman–Crippen MR) is 88.9 cm³/mol.